The highest BCUT2D eigenvalue weighted by molar-refractivity contribution is 7.99. The molecule has 33 heavy (non-hydrogen) atoms. The minimum Gasteiger partial charge on any atom is -0.497 e. The summed E-state index contributed by atoms with van der Waals surface area (Å²) < 4.78 is 12.7. The van der Waals surface area contributed by atoms with Crippen molar-refractivity contribution in [3.63, 3.8) is 0 Å². The molecule has 0 saturated heterocycles. The predicted molar refractivity (Wildman–Crippen MR) is 130 cm³/mol. The van der Waals surface area contributed by atoms with Crippen LogP contribution in [0.5, 0.6) is 11.5 Å². The van der Waals surface area contributed by atoms with Gasteiger partial charge in [-0.3, -0.25) is 4.79 Å². The van der Waals surface area contributed by atoms with E-state index in [2.05, 4.69) is 20.5 Å². The van der Waals surface area contributed by atoms with Crippen LogP contribution in [0.4, 0.5) is 5.13 Å². The lowest BCUT2D eigenvalue weighted by atomic mass is 10.2. The fraction of sp³-hybridized carbons (Fsp3) is 0.182. The normalized spacial score (nSPS) is 10.8. The van der Waals surface area contributed by atoms with Gasteiger partial charge in [-0.2, -0.15) is 0 Å². The molecule has 4 rings (SSSR count). The molecule has 2 heterocycles. The molecule has 0 saturated carbocycles. The highest BCUT2D eigenvalue weighted by Crippen LogP contribution is 2.26. The Labute approximate surface area is 203 Å². The van der Waals surface area contributed by atoms with E-state index < -0.39 is 0 Å². The molecular formula is C22H20ClN5O3S2. The van der Waals surface area contributed by atoms with Crippen LogP contribution in [0.2, 0.25) is 5.02 Å². The molecule has 0 radical (unpaired) electrons. The summed E-state index contributed by atoms with van der Waals surface area (Å²) in [4.78, 5) is 16.8. The maximum Gasteiger partial charge on any atom is 0.236 e. The Morgan fingerprint density at radius 2 is 1.85 bits per heavy atom. The standard InChI is InChI=1S/C22H20ClN5O3S2/c1-28-19(11-31-17-9-7-16(30-2)8-10-17)26-27-22(28)33-13-20(29)25-21-24-18(12-32-21)14-3-5-15(23)6-4-14/h3-10,12H,11,13H2,1-2H3,(H,24,25,29). The fourth-order valence-electron chi connectivity index (χ4n) is 2.79. The summed E-state index contributed by atoms with van der Waals surface area (Å²) in [6, 6.07) is 14.7. The average Bonchev–Trinajstić information content (AvgIpc) is 3.43. The van der Waals surface area contributed by atoms with Crippen LogP contribution >= 0.6 is 34.7 Å². The Morgan fingerprint density at radius 3 is 2.58 bits per heavy atom. The summed E-state index contributed by atoms with van der Waals surface area (Å²) in [6.45, 7) is 0.259. The van der Waals surface area contributed by atoms with Crippen molar-refractivity contribution < 1.29 is 14.3 Å². The number of rotatable bonds is 9. The molecule has 0 aliphatic carbocycles. The van der Waals surface area contributed by atoms with Crippen LogP contribution < -0.4 is 14.8 Å². The minimum absolute atomic E-state index is 0.170. The Hall–Kier alpha value is -3.08. The maximum atomic E-state index is 12.4. The zero-order valence-corrected chi connectivity index (χ0v) is 20.2. The van der Waals surface area contributed by atoms with E-state index in [0.717, 1.165) is 17.0 Å². The number of benzene rings is 2. The molecule has 0 bridgehead atoms. The number of ether oxygens (including phenoxy) is 2. The summed E-state index contributed by atoms with van der Waals surface area (Å²) in [7, 11) is 3.45. The van der Waals surface area contributed by atoms with Crippen molar-refractivity contribution in [3.8, 4) is 22.8 Å². The van der Waals surface area contributed by atoms with Crippen molar-refractivity contribution in [2.75, 3.05) is 18.2 Å². The third kappa shape index (κ3) is 6.04. The van der Waals surface area contributed by atoms with E-state index >= 15 is 0 Å². The van der Waals surface area contributed by atoms with Crippen molar-refractivity contribution >= 4 is 45.7 Å². The van der Waals surface area contributed by atoms with Gasteiger partial charge < -0.3 is 19.4 Å². The molecule has 11 heteroatoms. The van der Waals surface area contributed by atoms with Crippen LogP contribution in [0, 0.1) is 0 Å². The monoisotopic (exact) mass is 501 g/mol. The number of thioether (sulfide) groups is 1. The third-order valence-corrected chi connectivity index (χ3v) is 6.61. The van der Waals surface area contributed by atoms with Gasteiger partial charge in [0.2, 0.25) is 5.91 Å². The Morgan fingerprint density at radius 1 is 1.12 bits per heavy atom. The van der Waals surface area contributed by atoms with E-state index in [-0.39, 0.29) is 18.3 Å². The number of nitrogens with one attached hydrogen (secondary N) is 1. The number of amides is 1. The molecule has 0 aliphatic heterocycles. The number of hydrogen-bond acceptors (Lipinski definition) is 8. The second-order valence-corrected chi connectivity index (χ2v) is 9.04. The lowest BCUT2D eigenvalue weighted by molar-refractivity contribution is -0.113. The van der Waals surface area contributed by atoms with Gasteiger partial charge in [0.1, 0.15) is 18.1 Å². The summed E-state index contributed by atoms with van der Waals surface area (Å²) in [5.74, 6) is 2.13. The third-order valence-electron chi connectivity index (χ3n) is 4.58. The van der Waals surface area contributed by atoms with Crippen LogP contribution in [0.1, 0.15) is 5.82 Å². The highest BCUT2D eigenvalue weighted by atomic mass is 35.5. The van der Waals surface area contributed by atoms with E-state index in [1.165, 1.54) is 23.1 Å². The van der Waals surface area contributed by atoms with Gasteiger partial charge in [0, 0.05) is 23.0 Å². The van der Waals surface area contributed by atoms with Gasteiger partial charge in [0.05, 0.1) is 18.6 Å². The van der Waals surface area contributed by atoms with Gasteiger partial charge in [0.15, 0.2) is 16.1 Å². The van der Waals surface area contributed by atoms with Gasteiger partial charge in [0.25, 0.3) is 0 Å². The number of aromatic nitrogens is 4. The average molecular weight is 502 g/mol. The molecule has 0 unspecified atom stereocenters. The Balaban J connectivity index is 1.28. The van der Waals surface area contributed by atoms with Crippen molar-refractivity contribution in [3.05, 3.63) is 64.8 Å². The first-order valence-corrected chi connectivity index (χ1v) is 12.1. The molecule has 2 aromatic carbocycles. The molecule has 1 amide bonds. The van der Waals surface area contributed by atoms with Crippen LogP contribution in [-0.4, -0.2) is 38.5 Å². The molecule has 8 nitrogen and oxygen atoms in total. The Kier molecular flexibility index (Phi) is 7.48. The van der Waals surface area contributed by atoms with Gasteiger partial charge in [-0.05, 0) is 36.4 Å². The number of carbonyl (C=O) groups excluding carboxylic acids is 1. The second-order valence-electron chi connectivity index (χ2n) is 6.80. The topological polar surface area (TPSA) is 91.2 Å². The Bertz CT molecular complexity index is 1230. The van der Waals surface area contributed by atoms with Crippen LogP contribution in [0.15, 0.2) is 59.1 Å². The first kappa shape index (κ1) is 23.1. The number of carbonyl (C=O) groups is 1. The van der Waals surface area contributed by atoms with Crippen LogP contribution in [-0.2, 0) is 18.4 Å². The van der Waals surface area contributed by atoms with Gasteiger partial charge in [-0.25, -0.2) is 4.98 Å². The molecule has 1 N–H and O–H groups in total. The molecule has 2 aromatic heterocycles. The van der Waals surface area contributed by atoms with Gasteiger partial charge in [-0.15, -0.1) is 21.5 Å². The second kappa shape index (κ2) is 10.7. The molecule has 0 aliphatic rings. The molecule has 0 spiro atoms. The van der Waals surface area contributed by atoms with Crippen LogP contribution in [0.25, 0.3) is 11.3 Å². The van der Waals surface area contributed by atoms with E-state index in [1.54, 1.807) is 7.11 Å². The number of thiazole rings is 1. The maximum absolute atomic E-state index is 12.4. The number of nitrogens with zero attached hydrogens (tertiary/aromatic N) is 4. The SMILES string of the molecule is COc1ccc(OCc2nnc(SCC(=O)Nc3nc(-c4ccc(Cl)cc4)cs3)n2C)cc1. The van der Waals surface area contributed by atoms with E-state index in [1.807, 2.05) is 65.5 Å². The van der Waals surface area contributed by atoms with E-state index in [0.29, 0.717) is 26.9 Å². The van der Waals surface area contributed by atoms with E-state index in [9.17, 15) is 4.79 Å². The first-order chi connectivity index (χ1) is 16.0. The van der Waals surface area contributed by atoms with Crippen molar-refractivity contribution in [2.45, 2.75) is 11.8 Å². The highest BCUT2D eigenvalue weighted by Gasteiger charge is 2.13. The number of methoxy groups -OCH3 is 1. The summed E-state index contributed by atoms with van der Waals surface area (Å²) in [5.41, 5.74) is 1.73. The minimum atomic E-state index is -0.170. The largest absolute Gasteiger partial charge is 0.497 e. The lowest BCUT2D eigenvalue weighted by Gasteiger charge is -2.07. The molecule has 0 fully saturated rings. The molecule has 0 atom stereocenters. The number of halogens is 1. The smallest absolute Gasteiger partial charge is 0.236 e. The zero-order chi connectivity index (χ0) is 23.2. The zero-order valence-electron chi connectivity index (χ0n) is 17.8. The number of hydrogen-bond donors (Lipinski definition) is 1. The quantitative estimate of drug-likeness (QED) is 0.326. The van der Waals surface area contributed by atoms with Gasteiger partial charge in [-0.1, -0.05) is 35.5 Å². The molecule has 4 aromatic rings. The lowest BCUT2D eigenvalue weighted by Crippen LogP contribution is -2.14. The summed E-state index contributed by atoms with van der Waals surface area (Å²) >= 11 is 8.59. The molecular weight excluding hydrogens is 482 g/mol. The summed E-state index contributed by atoms with van der Waals surface area (Å²) in [6.07, 6.45) is 0. The van der Waals surface area contributed by atoms with Gasteiger partial charge >= 0.3 is 0 Å². The van der Waals surface area contributed by atoms with Crippen molar-refractivity contribution in [2.24, 2.45) is 7.05 Å². The number of anilines is 1. The van der Waals surface area contributed by atoms with Crippen molar-refractivity contribution in [1.29, 1.82) is 0 Å². The summed E-state index contributed by atoms with van der Waals surface area (Å²) in [5, 5.41) is 14.9. The first-order valence-electron chi connectivity index (χ1n) is 9.81. The van der Waals surface area contributed by atoms with Crippen molar-refractivity contribution in [1.82, 2.24) is 19.7 Å². The fourth-order valence-corrected chi connectivity index (χ4v) is 4.38. The van der Waals surface area contributed by atoms with Crippen LogP contribution in [0.3, 0.4) is 0 Å². The van der Waals surface area contributed by atoms with E-state index in [4.69, 9.17) is 21.1 Å². The predicted octanol–water partition coefficient (Wildman–Crippen LogP) is 4.91. The molecule has 170 valence electrons.